The SMILES string of the molecule is CCc1nc(C)c(CNC(=O)c2csc(SC)n2)s1. The number of amides is 1. The molecule has 102 valence electrons. The van der Waals surface area contributed by atoms with Crippen LogP contribution in [0.15, 0.2) is 9.72 Å². The van der Waals surface area contributed by atoms with E-state index in [9.17, 15) is 4.79 Å². The Bertz CT molecular complexity index is 577. The number of rotatable bonds is 5. The number of aromatic nitrogens is 2. The van der Waals surface area contributed by atoms with E-state index in [1.54, 1.807) is 28.5 Å². The molecule has 0 bridgehead atoms. The van der Waals surface area contributed by atoms with Crippen LogP contribution >= 0.6 is 34.4 Å². The van der Waals surface area contributed by atoms with Gasteiger partial charge in [-0.1, -0.05) is 18.7 Å². The van der Waals surface area contributed by atoms with Crippen molar-refractivity contribution < 1.29 is 4.79 Å². The Morgan fingerprint density at radius 2 is 2.26 bits per heavy atom. The summed E-state index contributed by atoms with van der Waals surface area (Å²) in [6, 6.07) is 0. The first-order chi connectivity index (χ1) is 9.13. The van der Waals surface area contributed by atoms with Crippen molar-refractivity contribution in [3.05, 3.63) is 26.7 Å². The van der Waals surface area contributed by atoms with E-state index in [0.717, 1.165) is 26.3 Å². The molecule has 0 aromatic carbocycles. The normalized spacial score (nSPS) is 10.7. The molecule has 7 heteroatoms. The van der Waals surface area contributed by atoms with Gasteiger partial charge in [-0.15, -0.1) is 22.7 Å². The summed E-state index contributed by atoms with van der Waals surface area (Å²) in [7, 11) is 0. The second-order valence-electron chi connectivity index (χ2n) is 3.86. The highest BCUT2D eigenvalue weighted by Gasteiger charge is 2.12. The number of aryl methyl sites for hydroxylation is 2. The van der Waals surface area contributed by atoms with E-state index in [1.165, 1.54) is 11.3 Å². The molecule has 2 rings (SSSR count). The number of carbonyl (C=O) groups is 1. The van der Waals surface area contributed by atoms with Crippen molar-refractivity contribution >= 4 is 40.3 Å². The molecule has 0 aliphatic heterocycles. The number of thioether (sulfide) groups is 1. The van der Waals surface area contributed by atoms with Crippen LogP contribution in [0.3, 0.4) is 0 Å². The first-order valence-electron chi connectivity index (χ1n) is 5.87. The van der Waals surface area contributed by atoms with Gasteiger partial charge in [-0.25, -0.2) is 9.97 Å². The molecule has 4 nitrogen and oxygen atoms in total. The molecule has 0 unspecified atom stereocenters. The van der Waals surface area contributed by atoms with Crippen LogP contribution in [-0.2, 0) is 13.0 Å². The van der Waals surface area contributed by atoms with Crippen molar-refractivity contribution in [1.29, 1.82) is 0 Å². The lowest BCUT2D eigenvalue weighted by Gasteiger charge is -2.01. The lowest BCUT2D eigenvalue weighted by molar-refractivity contribution is 0.0946. The number of hydrogen-bond acceptors (Lipinski definition) is 6. The smallest absolute Gasteiger partial charge is 0.271 e. The van der Waals surface area contributed by atoms with Gasteiger partial charge in [0.25, 0.3) is 5.91 Å². The van der Waals surface area contributed by atoms with Gasteiger partial charge in [-0.3, -0.25) is 4.79 Å². The minimum atomic E-state index is -0.123. The van der Waals surface area contributed by atoms with Gasteiger partial charge in [0.05, 0.1) is 17.2 Å². The Labute approximate surface area is 124 Å². The molecule has 0 saturated heterocycles. The van der Waals surface area contributed by atoms with Gasteiger partial charge in [-0.05, 0) is 19.6 Å². The summed E-state index contributed by atoms with van der Waals surface area (Å²) in [5.74, 6) is -0.123. The van der Waals surface area contributed by atoms with Gasteiger partial charge >= 0.3 is 0 Å². The van der Waals surface area contributed by atoms with E-state index < -0.39 is 0 Å². The fourth-order valence-electron chi connectivity index (χ4n) is 1.51. The Hall–Kier alpha value is -0.920. The van der Waals surface area contributed by atoms with Crippen molar-refractivity contribution in [2.24, 2.45) is 0 Å². The lowest BCUT2D eigenvalue weighted by Crippen LogP contribution is -2.22. The fraction of sp³-hybridized carbons (Fsp3) is 0.417. The summed E-state index contributed by atoms with van der Waals surface area (Å²) in [5.41, 5.74) is 1.50. The molecular weight excluding hydrogens is 298 g/mol. The summed E-state index contributed by atoms with van der Waals surface area (Å²) >= 11 is 4.70. The Kier molecular flexibility index (Phi) is 4.95. The van der Waals surface area contributed by atoms with Crippen molar-refractivity contribution in [2.75, 3.05) is 6.26 Å². The van der Waals surface area contributed by atoms with Gasteiger partial charge in [0.2, 0.25) is 0 Å². The molecule has 19 heavy (non-hydrogen) atoms. The first kappa shape index (κ1) is 14.5. The zero-order chi connectivity index (χ0) is 13.8. The third kappa shape index (κ3) is 3.55. The van der Waals surface area contributed by atoms with Crippen LogP contribution in [0.1, 0.15) is 33.0 Å². The average molecular weight is 313 g/mol. The van der Waals surface area contributed by atoms with Crippen LogP contribution in [0, 0.1) is 6.92 Å². The summed E-state index contributed by atoms with van der Waals surface area (Å²) in [4.78, 5) is 21.7. The van der Waals surface area contributed by atoms with Crippen molar-refractivity contribution in [3.63, 3.8) is 0 Å². The number of carbonyl (C=O) groups excluding carboxylic acids is 1. The van der Waals surface area contributed by atoms with Crippen LogP contribution in [0.4, 0.5) is 0 Å². The predicted octanol–water partition coefficient (Wildman–Crippen LogP) is 3.12. The van der Waals surface area contributed by atoms with E-state index >= 15 is 0 Å². The molecule has 2 aromatic heterocycles. The monoisotopic (exact) mass is 313 g/mol. The zero-order valence-corrected chi connectivity index (χ0v) is 13.5. The van der Waals surface area contributed by atoms with E-state index in [1.807, 2.05) is 13.2 Å². The van der Waals surface area contributed by atoms with Crippen LogP contribution in [-0.4, -0.2) is 22.1 Å². The molecular formula is C12H15N3OS3. The number of nitrogens with zero attached hydrogens (tertiary/aromatic N) is 2. The Balaban J connectivity index is 1.97. The highest BCUT2D eigenvalue weighted by atomic mass is 32.2. The molecule has 0 aliphatic carbocycles. The molecule has 2 heterocycles. The number of hydrogen-bond donors (Lipinski definition) is 1. The number of nitrogens with one attached hydrogen (secondary N) is 1. The lowest BCUT2D eigenvalue weighted by atomic mass is 10.3. The summed E-state index contributed by atoms with van der Waals surface area (Å²) in [6.45, 7) is 4.58. The highest BCUT2D eigenvalue weighted by Crippen LogP contribution is 2.20. The van der Waals surface area contributed by atoms with E-state index in [2.05, 4.69) is 22.2 Å². The maximum absolute atomic E-state index is 11.9. The van der Waals surface area contributed by atoms with Gasteiger partial charge in [0.15, 0.2) is 0 Å². The molecule has 0 saturated carbocycles. The van der Waals surface area contributed by atoms with Gasteiger partial charge in [-0.2, -0.15) is 0 Å². The Morgan fingerprint density at radius 3 is 2.84 bits per heavy atom. The molecule has 0 spiro atoms. The second kappa shape index (κ2) is 6.49. The standard InChI is InChI=1S/C12H15N3OS3/c1-4-10-14-7(2)9(19-10)5-13-11(16)8-6-18-12(15-8)17-3/h6H,4-5H2,1-3H3,(H,13,16). The topological polar surface area (TPSA) is 54.9 Å². The van der Waals surface area contributed by atoms with Crippen LogP contribution in [0.25, 0.3) is 0 Å². The molecule has 0 aliphatic rings. The van der Waals surface area contributed by atoms with Gasteiger partial charge in [0, 0.05) is 10.3 Å². The minimum absolute atomic E-state index is 0.123. The predicted molar refractivity (Wildman–Crippen MR) is 81.3 cm³/mol. The van der Waals surface area contributed by atoms with E-state index in [-0.39, 0.29) is 5.91 Å². The van der Waals surface area contributed by atoms with Crippen molar-refractivity contribution in [3.8, 4) is 0 Å². The third-order valence-corrected chi connectivity index (χ3v) is 5.70. The van der Waals surface area contributed by atoms with Gasteiger partial charge in [0.1, 0.15) is 10.0 Å². The minimum Gasteiger partial charge on any atom is -0.346 e. The van der Waals surface area contributed by atoms with Crippen LogP contribution in [0.5, 0.6) is 0 Å². The maximum atomic E-state index is 11.9. The molecule has 1 N–H and O–H groups in total. The average Bonchev–Trinajstić information content (AvgIpc) is 3.02. The maximum Gasteiger partial charge on any atom is 0.271 e. The summed E-state index contributed by atoms with van der Waals surface area (Å²) < 4.78 is 0.910. The fourth-order valence-corrected chi connectivity index (χ4v) is 3.70. The highest BCUT2D eigenvalue weighted by molar-refractivity contribution is 8.00. The van der Waals surface area contributed by atoms with Crippen LogP contribution in [0.2, 0.25) is 0 Å². The number of thiazole rings is 2. The summed E-state index contributed by atoms with van der Waals surface area (Å²) in [6.07, 6.45) is 2.89. The van der Waals surface area contributed by atoms with Gasteiger partial charge < -0.3 is 5.32 Å². The first-order valence-corrected chi connectivity index (χ1v) is 8.79. The van der Waals surface area contributed by atoms with Crippen LogP contribution < -0.4 is 5.32 Å². The third-order valence-electron chi connectivity index (χ3n) is 2.54. The van der Waals surface area contributed by atoms with E-state index in [0.29, 0.717) is 12.2 Å². The Morgan fingerprint density at radius 1 is 1.47 bits per heavy atom. The molecule has 0 atom stereocenters. The largest absolute Gasteiger partial charge is 0.346 e. The molecule has 0 radical (unpaired) electrons. The summed E-state index contributed by atoms with van der Waals surface area (Å²) in [5, 5.41) is 5.80. The zero-order valence-electron chi connectivity index (χ0n) is 11.0. The van der Waals surface area contributed by atoms with Crippen molar-refractivity contribution in [1.82, 2.24) is 15.3 Å². The van der Waals surface area contributed by atoms with Crippen molar-refractivity contribution in [2.45, 2.75) is 31.2 Å². The van der Waals surface area contributed by atoms with E-state index in [4.69, 9.17) is 0 Å². The molecule has 2 aromatic rings. The molecule has 0 fully saturated rings. The quantitative estimate of drug-likeness (QED) is 0.862. The second-order valence-corrected chi connectivity index (χ2v) is 6.93. The molecule has 1 amide bonds.